The Kier molecular flexibility index (Phi) is 4.57. The van der Waals surface area contributed by atoms with Crippen molar-refractivity contribution in [2.24, 2.45) is 17.3 Å². The van der Waals surface area contributed by atoms with Crippen molar-refractivity contribution in [2.75, 3.05) is 0 Å². The maximum absolute atomic E-state index is 10.5. The number of aliphatic hydroxyl groups is 1. The summed E-state index contributed by atoms with van der Waals surface area (Å²) in [6.45, 7) is 2.33. The Morgan fingerprint density at radius 3 is 2.88 bits per heavy atom. The zero-order valence-corrected chi connectivity index (χ0v) is 18.4. The molecular formula is C21H27O2Pb. The van der Waals surface area contributed by atoms with Crippen molar-refractivity contribution in [1.82, 2.24) is 0 Å². The van der Waals surface area contributed by atoms with Crippen LogP contribution in [0, 0.1) is 17.3 Å². The van der Waals surface area contributed by atoms with Gasteiger partial charge in [-0.3, -0.25) is 0 Å². The van der Waals surface area contributed by atoms with Crippen molar-refractivity contribution in [3.63, 3.8) is 0 Å². The van der Waals surface area contributed by atoms with E-state index in [2.05, 4.69) is 22.7 Å². The molecule has 0 heterocycles. The van der Waals surface area contributed by atoms with Crippen LogP contribution in [0.3, 0.4) is 0 Å². The molecule has 0 aromatic heterocycles. The van der Waals surface area contributed by atoms with Crippen LogP contribution in [-0.4, -0.2) is 42.1 Å². The van der Waals surface area contributed by atoms with E-state index in [1.54, 1.807) is 0 Å². The van der Waals surface area contributed by atoms with Crippen molar-refractivity contribution in [3.05, 3.63) is 38.5 Å². The number of phenolic OH excluding ortho intramolecular Hbond substituents is 1. The van der Waals surface area contributed by atoms with Gasteiger partial charge in [0, 0.05) is 0 Å². The topological polar surface area (TPSA) is 40.5 Å². The molecule has 0 aliphatic heterocycles. The van der Waals surface area contributed by atoms with E-state index in [1.807, 2.05) is 6.07 Å². The number of rotatable bonds is 2. The number of phenols is 1. The normalized spacial score (nSPS) is 38.0. The van der Waals surface area contributed by atoms with Crippen LogP contribution in [0.5, 0.6) is 5.75 Å². The predicted octanol–water partition coefficient (Wildman–Crippen LogP) is 3.83. The molecule has 2 nitrogen and oxygen atoms in total. The fourth-order valence-corrected chi connectivity index (χ4v) is 6.44. The Labute approximate surface area is 161 Å². The predicted molar refractivity (Wildman–Crippen MR) is 97.3 cm³/mol. The van der Waals surface area contributed by atoms with Crippen molar-refractivity contribution >= 4 is 25.8 Å². The number of allylic oxidation sites excluding steroid dienone is 1. The van der Waals surface area contributed by atoms with E-state index in [1.165, 1.54) is 30.4 Å². The number of fused-ring (bicyclic) bond motifs is 5. The van der Waals surface area contributed by atoms with E-state index in [0.717, 1.165) is 62.9 Å². The SMILES string of the molecule is CC12CCC3c4cc(C/C=[CH]/[Pb])c(O)cc4CCC3C1CCC2O. The summed E-state index contributed by atoms with van der Waals surface area (Å²) in [6.07, 6.45) is 9.77. The first-order valence-corrected chi connectivity index (χ1v) is 11.6. The van der Waals surface area contributed by atoms with Crippen molar-refractivity contribution in [1.29, 1.82) is 0 Å². The molecule has 2 saturated carbocycles. The number of benzene rings is 1. The van der Waals surface area contributed by atoms with Crippen LogP contribution in [-0.2, 0) is 12.8 Å². The summed E-state index contributed by atoms with van der Waals surface area (Å²) in [5, 5.41) is 20.9. The minimum absolute atomic E-state index is 0.0981. The molecule has 5 atom stereocenters. The Morgan fingerprint density at radius 1 is 1.25 bits per heavy atom. The van der Waals surface area contributed by atoms with E-state index in [0.29, 0.717) is 17.6 Å². The number of aliphatic hydroxyl groups excluding tert-OH is 1. The van der Waals surface area contributed by atoms with Gasteiger partial charge in [0.05, 0.1) is 0 Å². The second-order valence-corrected chi connectivity index (χ2v) is 9.64. The fraction of sp³-hybridized carbons (Fsp3) is 0.619. The van der Waals surface area contributed by atoms with Crippen LogP contribution >= 0.6 is 0 Å². The summed E-state index contributed by atoms with van der Waals surface area (Å²) in [5.41, 5.74) is 4.11. The van der Waals surface area contributed by atoms with E-state index >= 15 is 0 Å². The monoisotopic (exact) mass is 519 g/mol. The Hall–Kier alpha value is -0.358. The molecule has 24 heavy (non-hydrogen) atoms. The molecule has 127 valence electrons. The molecule has 1 aromatic rings. The second-order valence-electron chi connectivity index (χ2n) is 8.34. The molecule has 0 amide bonds. The van der Waals surface area contributed by atoms with Gasteiger partial charge in [-0.05, 0) is 0 Å². The van der Waals surface area contributed by atoms with Crippen molar-refractivity contribution in [3.8, 4) is 5.75 Å². The summed E-state index contributed by atoms with van der Waals surface area (Å²) in [4.78, 5) is 0. The van der Waals surface area contributed by atoms with Gasteiger partial charge in [0.2, 0.25) is 0 Å². The zero-order valence-electron chi connectivity index (χ0n) is 14.5. The van der Waals surface area contributed by atoms with Crippen LogP contribution < -0.4 is 0 Å². The summed E-state index contributed by atoms with van der Waals surface area (Å²) in [6, 6.07) is 4.34. The third kappa shape index (κ3) is 2.59. The summed E-state index contributed by atoms with van der Waals surface area (Å²) in [7, 11) is 0. The van der Waals surface area contributed by atoms with Gasteiger partial charge >= 0.3 is 161 Å². The number of aryl methyl sites for hydroxylation is 1. The second kappa shape index (κ2) is 6.42. The summed E-state index contributed by atoms with van der Waals surface area (Å²) >= 11 is 1.07. The molecule has 5 unspecified atom stereocenters. The van der Waals surface area contributed by atoms with E-state index in [4.69, 9.17) is 0 Å². The van der Waals surface area contributed by atoms with Gasteiger partial charge in [-0.1, -0.05) is 0 Å². The van der Waals surface area contributed by atoms with E-state index in [-0.39, 0.29) is 11.5 Å². The standard InChI is InChI=1S/C21H27O2.Pb/c1-3-4-14-11-17-13(12-19(14)22)5-6-16-15(17)9-10-21(2)18(16)7-8-20(21)23;/h1,3,11-12,15-16,18,20,22-23H,4-10H2,2H3;. The van der Waals surface area contributed by atoms with Gasteiger partial charge < -0.3 is 0 Å². The Morgan fingerprint density at radius 2 is 2.08 bits per heavy atom. The molecule has 2 N–H and O–H groups in total. The summed E-state index contributed by atoms with van der Waals surface area (Å²) < 4.78 is 2.19. The number of hydrogen-bond acceptors (Lipinski definition) is 2. The van der Waals surface area contributed by atoms with Crippen molar-refractivity contribution < 1.29 is 10.2 Å². The molecule has 4 rings (SSSR count). The molecule has 3 heteroatoms. The van der Waals surface area contributed by atoms with Crippen molar-refractivity contribution in [2.45, 2.75) is 63.9 Å². The first-order valence-electron chi connectivity index (χ1n) is 9.39. The molecule has 2 fully saturated rings. The number of aromatic hydroxyl groups is 1. The van der Waals surface area contributed by atoms with Gasteiger partial charge in [0.25, 0.3) is 0 Å². The van der Waals surface area contributed by atoms with Gasteiger partial charge in [0.15, 0.2) is 0 Å². The van der Waals surface area contributed by atoms with Gasteiger partial charge in [-0.2, -0.15) is 0 Å². The fourth-order valence-electron chi connectivity index (χ4n) is 5.98. The third-order valence-corrected chi connectivity index (χ3v) is 8.25. The molecule has 3 aliphatic rings. The first-order chi connectivity index (χ1) is 11.5. The molecule has 1 aromatic carbocycles. The minimum atomic E-state index is -0.0981. The van der Waals surface area contributed by atoms with Crippen LogP contribution in [0.15, 0.2) is 21.8 Å². The number of hydrogen-bond donors (Lipinski definition) is 2. The van der Waals surface area contributed by atoms with Gasteiger partial charge in [0.1, 0.15) is 0 Å². The van der Waals surface area contributed by atoms with E-state index in [9.17, 15) is 10.2 Å². The van der Waals surface area contributed by atoms with Crippen LogP contribution in [0.2, 0.25) is 0 Å². The molecular weight excluding hydrogens is 491 g/mol. The Bertz CT molecular complexity index is 668. The molecule has 3 radical (unpaired) electrons. The quantitative estimate of drug-likeness (QED) is 0.585. The average molecular weight is 519 g/mol. The van der Waals surface area contributed by atoms with Gasteiger partial charge in [-0.15, -0.1) is 0 Å². The molecule has 0 bridgehead atoms. The average Bonchev–Trinajstić information content (AvgIpc) is 2.88. The first kappa shape index (κ1) is 17.1. The van der Waals surface area contributed by atoms with Crippen LogP contribution in [0.25, 0.3) is 0 Å². The van der Waals surface area contributed by atoms with Gasteiger partial charge in [-0.25, -0.2) is 0 Å². The van der Waals surface area contributed by atoms with Crippen LogP contribution in [0.1, 0.15) is 61.6 Å². The Balaban J connectivity index is 1.69. The van der Waals surface area contributed by atoms with E-state index < -0.39 is 0 Å². The third-order valence-electron chi connectivity index (χ3n) is 7.33. The maximum atomic E-state index is 10.5. The molecule has 0 spiro atoms. The van der Waals surface area contributed by atoms with Crippen LogP contribution in [0.4, 0.5) is 0 Å². The molecule has 0 saturated heterocycles. The molecule has 3 aliphatic carbocycles. The summed E-state index contributed by atoms with van der Waals surface area (Å²) in [5.74, 6) is 2.51. The zero-order chi connectivity index (χ0) is 16.9.